The van der Waals surface area contributed by atoms with Crippen LogP contribution in [0.3, 0.4) is 0 Å². The molecule has 86 valence electrons. The number of aromatic hydroxyl groups is 2. The molecule has 0 aromatic heterocycles. The van der Waals surface area contributed by atoms with Crippen molar-refractivity contribution in [2.75, 3.05) is 0 Å². The highest BCUT2D eigenvalue weighted by molar-refractivity contribution is 5.91. The summed E-state index contributed by atoms with van der Waals surface area (Å²) in [6.07, 6.45) is 0. The van der Waals surface area contributed by atoms with Crippen molar-refractivity contribution in [1.82, 2.24) is 0 Å². The van der Waals surface area contributed by atoms with Gasteiger partial charge in [-0.3, -0.25) is 0 Å². The van der Waals surface area contributed by atoms with Gasteiger partial charge in [-0.05, 0) is 30.3 Å². The second kappa shape index (κ2) is 4.57. The van der Waals surface area contributed by atoms with Crippen LogP contribution >= 0.6 is 0 Å². The molecule has 0 saturated heterocycles. The number of rotatable bonds is 2. The Bertz CT molecular complexity index is 549. The van der Waals surface area contributed by atoms with Crippen LogP contribution < -0.4 is 4.74 Å². The number of phenolic OH excluding ortho intramolecular Hbond substituents is 2. The Morgan fingerprint density at radius 2 is 1.59 bits per heavy atom. The summed E-state index contributed by atoms with van der Waals surface area (Å²) in [5, 5.41) is 18.4. The number of ether oxygens (including phenoxy) is 1. The zero-order valence-electron chi connectivity index (χ0n) is 8.83. The fourth-order valence-corrected chi connectivity index (χ4v) is 1.35. The van der Waals surface area contributed by atoms with E-state index in [-0.39, 0.29) is 22.8 Å². The maximum absolute atomic E-state index is 11.7. The molecule has 0 atom stereocenters. The first-order valence-electron chi connectivity index (χ1n) is 4.95. The average Bonchev–Trinajstić information content (AvgIpc) is 2.29. The minimum absolute atomic E-state index is 0.00430. The molecular formula is C13H10O4. The van der Waals surface area contributed by atoms with Crippen LogP contribution in [-0.4, -0.2) is 16.2 Å². The van der Waals surface area contributed by atoms with Crippen molar-refractivity contribution in [3.05, 3.63) is 54.1 Å². The van der Waals surface area contributed by atoms with Gasteiger partial charge in [0.25, 0.3) is 0 Å². The Balaban J connectivity index is 2.17. The van der Waals surface area contributed by atoms with Crippen molar-refractivity contribution in [2.24, 2.45) is 0 Å². The number of phenols is 2. The third-order valence-electron chi connectivity index (χ3n) is 2.11. The van der Waals surface area contributed by atoms with Gasteiger partial charge in [-0.1, -0.05) is 12.1 Å². The lowest BCUT2D eigenvalue weighted by molar-refractivity contribution is 0.0734. The Kier molecular flexibility index (Phi) is 2.96. The summed E-state index contributed by atoms with van der Waals surface area (Å²) >= 11 is 0. The van der Waals surface area contributed by atoms with Gasteiger partial charge in [0, 0.05) is 6.07 Å². The molecule has 2 aromatic carbocycles. The largest absolute Gasteiger partial charge is 0.508 e. The maximum Gasteiger partial charge on any atom is 0.343 e. The van der Waals surface area contributed by atoms with Crippen LogP contribution in [0.2, 0.25) is 0 Å². The summed E-state index contributed by atoms with van der Waals surface area (Å²) < 4.78 is 5.03. The van der Waals surface area contributed by atoms with Gasteiger partial charge >= 0.3 is 5.97 Å². The molecule has 2 rings (SSSR count). The molecule has 2 aromatic rings. The third-order valence-corrected chi connectivity index (χ3v) is 2.11. The van der Waals surface area contributed by atoms with Gasteiger partial charge in [-0.15, -0.1) is 0 Å². The third kappa shape index (κ3) is 2.75. The highest BCUT2D eigenvalue weighted by Crippen LogP contribution is 2.19. The normalized spacial score (nSPS) is 9.88. The van der Waals surface area contributed by atoms with E-state index in [1.165, 1.54) is 30.3 Å². The minimum atomic E-state index is -0.591. The number of esters is 1. The standard InChI is InChI=1S/C13H10O4/c14-10-4-1-3-9(7-10)13(16)17-12-6-2-5-11(15)8-12/h1-8,14-15H. The Morgan fingerprint density at radius 1 is 0.941 bits per heavy atom. The first-order chi connectivity index (χ1) is 8.15. The van der Waals surface area contributed by atoms with E-state index in [0.29, 0.717) is 0 Å². The van der Waals surface area contributed by atoms with Crippen molar-refractivity contribution >= 4 is 5.97 Å². The van der Waals surface area contributed by atoms with E-state index in [1.807, 2.05) is 0 Å². The van der Waals surface area contributed by atoms with E-state index in [9.17, 15) is 15.0 Å². The Labute approximate surface area is 97.7 Å². The molecule has 0 bridgehead atoms. The second-order valence-corrected chi connectivity index (χ2v) is 3.44. The summed E-state index contributed by atoms with van der Waals surface area (Å²) in [6, 6.07) is 11.8. The molecule has 17 heavy (non-hydrogen) atoms. The van der Waals surface area contributed by atoms with Gasteiger partial charge in [-0.25, -0.2) is 4.79 Å². The van der Waals surface area contributed by atoms with Gasteiger partial charge in [0.05, 0.1) is 5.56 Å². The van der Waals surface area contributed by atoms with Crippen molar-refractivity contribution in [3.63, 3.8) is 0 Å². The summed E-state index contributed by atoms with van der Waals surface area (Å²) in [5.74, 6) is -0.327. The molecule has 0 radical (unpaired) electrons. The fourth-order valence-electron chi connectivity index (χ4n) is 1.35. The van der Waals surface area contributed by atoms with Gasteiger partial charge in [0.1, 0.15) is 17.2 Å². The number of hydrogen-bond acceptors (Lipinski definition) is 4. The maximum atomic E-state index is 11.7. The van der Waals surface area contributed by atoms with Crippen LogP contribution in [0, 0.1) is 0 Å². The van der Waals surface area contributed by atoms with Crippen LogP contribution in [-0.2, 0) is 0 Å². The SMILES string of the molecule is O=C(Oc1cccc(O)c1)c1cccc(O)c1. The summed E-state index contributed by atoms with van der Waals surface area (Å²) in [7, 11) is 0. The number of benzene rings is 2. The van der Waals surface area contributed by atoms with Crippen LogP contribution in [0.5, 0.6) is 17.2 Å². The molecule has 4 heteroatoms. The molecule has 0 amide bonds. The van der Waals surface area contributed by atoms with Crippen LogP contribution in [0.1, 0.15) is 10.4 Å². The molecule has 4 nitrogen and oxygen atoms in total. The highest BCUT2D eigenvalue weighted by Gasteiger charge is 2.09. The molecule has 0 spiro atoms. The fraction of sp³-hybridized carbons (Fsp3) is 0. The van der Waals surface area contributed by atoms with Crippen molar-refractivity contribution < 1.29 is 19.7 Å². The molecule has 2 N–H and O–H groups in total. The predicted octanol–water partition coefficient (Wildman–Crippen LogP) is 2.32. The lowest BCUT2D eigenvalue weighted by Crippen LogP contribution is -2.07. The zero-order chi connectivity index (χ0) is 12.3. The molecule has 0 aliphatic rings. The Hall–Kier alpha value is -2.49. The predicted molar refractivity (Wildman–Crippen MR) is 61.2 cm³/mol. The van der Waals surface area contributed by atoms with Gasteiger partial charge < -0.3 is 14.9 Å². The average molecular weight is 230 g/mol. The topological polar surface area (TPSA) is 66.8 Å². The lowest BCUT2D eigenvalue weighted by atomic mass is 10.2. The summed E-state index contributed by atoms with van der Waals surface area (Å²) in [5.41, 5.74) is 0.244. The molecule has 0 aliphatic heterocycles. The van der Waals surface area contributed by atoms with Gasteiger partial charge in [0.15, 0.2) is 0 Å². The van der Waals surface area contributed by atoms with Crippen molar-refractivity contribution in [1.29, 1.82) is 0 Å². The Morgan fingerprint density at radius 3 is 2.24 bits per heavy atom. The van der Waals surface area contributed by atoms with E-state index in [1.54, 1.807) is 18.2 Å². The van der Waals surface area contributed by atoms with E-state index in [4.69, 9.17) is 4.74 Å². The molecule has 0 saturated carbocycles. The minimum Gasteiger partial charge on any atom is -0.508 e. The van der Waals surface area contributed by atoms with Gasteiger partial charge in [0.2, 0.25) is 0 Å². The number of carbonyl (C=O) groups is 1. The number of carbonyl (C=O) groups excluding carboxylic acids is 1. The second-order valence-electron chi connectivity index (χ2n) is 3.44. The molecular weight excluding hydrogens is 220 g/mol. The zero-order valence-corrected chi connectivity index (χ0v) is 8.83. The van der Waals surface area contributed by atoms with Crippen molar-refractivity contribution in [3.8, 4) is 17.2 Å². The molecule has 0 fully saturated rings. The molecule has 0 aliphatic carbocycles. The lowest BCUT2D eigenvalue weighted by Gasteiger charge is -2.04. The van der Waals surface area contributed by atoms with E-state index >= 15 is 0 Å². The van der Waals surface area contributed by atoms with Crippen molar-refractivity contribution in [2.45, 2.75) is 0 Å². The molecule has 0 unspecified atom stereocenters. The monoisotopic (exact) mass is 230 g/mol. The van der Waals surface area contributed by atoms with E-state index < -0.39 is 5.97 Å². The summed E-state index contributed by atoms with van der Waals surface area (Å²) in [6.45, 7) is 0. The number of hydrogen-bond donors (Lipinski definition) is 2. The quantitative estimate of drug-likeness (QED) is 0.613. The van der Waals surface area contributed by atoms with Crippen LogP contribution in [0.25, 0.3) is 0 Å². The van der Waals surface area contributed by atoms with Crippen LogP contribution in [0.4, 0.5) is 0 Å². The van der Waals surface area contributed by atoms with E-state index in [2.05, 4.69) is 0 Å². The van der Waals surface area contributed by atoms with Gasteiger partial charge in [-0.2, -0.15) is 0 Å². The first kappa shape index (κ1) is 11.0. The smallest absolute Gasteiger partial charge is 0.343 e. The van der Waals surface area contributed by atoms with E-state index in [0.717, 1.165) is 0 Å². The highest BCUT2D eigenvalue weighted by atomic mass is 16.5. The van der Waals surface area contributed by atoms with Crippen LogP contribution in [0.15, 0.2) is 48.5 Å². The summed E-state index contributed by atoms with van der Waals surface area (Å²) in [4.78, 5) is 11.7. The molecule has 0 heterocycles. The first-order valence-corrected chi connectivity index (χ1v) is 4.95.